The van der Waals surface area contributed by atoms with E-state index in [9.17, 15) is 28.8 Å². The zero-order chi connectivity index (χ0) is 17.7. The number of hydrogen-bond acceptors (Lipinski definition) is 6. The topological polar surface area (TPSA) is 183 Å². The van der Waals surface area contributed by atoms with E-state index in [1.165, 1.54) is 0 Å². The maximum atomic E-state index is 11.3. The third kappa shape index (κ3) is 12.3. The average molecular weight is 331 g/mol. The van der Waals surface area contributed by atoms with Crippen LogP contribution in [0, 0.1) is 0 Å². The van der Waals surface area contributed by atoms with E-state index >= 15 is 0 Å². The predicted octanol–water partition coefficient (Wildman–Crippen LogP) is -4.72. The molecule has 12 nitrogen and oxygen atoms in total. The molecule has 0 atom stereocenters. The smallest absolute Gasteiger partial charge is 0.322 e. The maximum absolute atomic E-state index is 11.3. The standard InChI is InChI=1S/C11H17N5O7/c17-6-12-1-7(18)13-2-8(19)14-3-9(20)15-4-10(21)16-5-11(22)23/h6H,1-5H2,(H,12,17)(H,13,18)(H,14,19)(H,15,20)(H,16,21)(H,22,23). The zero-order valence-corrected chi connectivity index (χ0v) is 12.0. The number of rotatable bonds is 11. The molecule has 128 valence electrons. The molecule has 0 aliphatic heterocycles. The summed E-state index contributed by atoms with van der Waals surface area (Å²) in [5.74, 6) is -3.80. The molecule has 0 aromatic heterocycles. The van der Waals surface area contributed by atoms with Gasteiger partial charge in [0.1, 0.15) is 6.54 Å². The van der Waals surface area contributed by atoms with Crippen LogP contribution in [0.2, 0.25) is 0 Å². The van der Waals surface area contributed by atoms with Gasteiger partial charge in [-0.1, -0.05) is 0 Å². The van der Waals surface area contributed by atoms with Crippen molar-refractivity contribution < 1.29 is 33.9 Å². The highest BCUT2D eigenvalue weighted by atomic mass is 16.4. The SMILES string of the molecule is O=CNCC(=O)NCC(=O)NCC(=O)NCC(=O)NCC(=O)O. The molecule has 23 heavy (non-hydrogen) atoms. The lowest BCUT2D eigenvalue weighted by Gasteiger charge is -2.08. The van der Waals surface area contributed by atoms with Gasteiger partial charge in [-0.3, -0.25) is 28.8 Å². The second-order valence-electron chi connectivity index (χ2n) is 4.00. The van der Waals surface area contributed by atoms with Crippen LogP contribution in [-0.4, -0.2) is 73.8 Å². The zero-order valence-electron chi connectivity index (χ0n) is 12.0. The van der Waals surface area contributed by atoms with Gasteiger partial charge in [0.15, 0.2) is 0 Å². The lowest BCUT2D eigenvalue weighted by molar-refractivity contribution is -0.137. The number of aliphatic carboxylic acids is 1. The second kappa shape index (κ2) is 11.5. The molecule has 5 amide bonds. The van der Waals surface area contributed by atoms with Crippen LogP contribution in [-0.2, 0) is 28.8 Å². The number of amides is 5. The van der Waals surface area contributed by atoms with Crippen LogP contribution in [0.1, 0.15) is 0 Å². The molecule has 0 aromatic rings. The van der Waals surface area contributed by atoms with E-state index in [2.05, 4.69) is 21.3 Å². The molecule has 0 unspecified atom stereocenters. The molecule has 0 aromatic carbocycles. The molecule has 0 radical (unpaired) electrons. The number of carbonyl (C=O) groups is 6. The Bertz CT molecular complexity index is 479. The number of nitrogens with one attached hydrogen (secondary N) is 5. The Morgan fingerprint density at radius 1 is 0.652 bits per heavy atom. The summed E-state index contributed by atoms with van der Waals surface area (Å²) < 4.78 is 0. The van der Waals surface area contributed by atoms with Crippen molar-refractivity contribution in [3.8, 4) is 0 Å². The molecule has 0 heterocycles. The third-order valence-electron chi connectivity index (χ3n) is 2.12. The van der Waals surface area contributed by atoms with Crippen molar-refractivity contribution in [2.75, 3.05) is 32.7 Å². The minimum Gasteiger partial charge on any atom is -0.480 e. The van der Waals surface area contributed by atoms with E-state index in [4.69, 9.17) is 5.11 Å². The Balaban J connectivity index is 3.77. The lowest BCUT2D eigenvalue weighted by Crippen LogP contribution is -2.45. The van der Waals surface area contributed by atoms with Gasteiger partial charge in [-0.25, -0.2) is 0 Å². The summed E-state index contributed by atoms with van der Waals surface area (Å²) in [4.78, 5) is 64.9. The Kier molecular flexibility index (Phi) is 9.89. The monoisotopic (exact) mass is 331 g/mol. The summed E-state index contributed by atoms with van der Waals surface area (Å²) >= 11 is 0. The molecule has 0 aliphatic rings. The molecular formula is C11H17N5O7. The Morgan fingerprint density at radius 3 is 1.35 bits per heavy atom. The Labute approximate surface area is 130 Å². The summed E-state index contributed by atoms with van der Waals surface area (Å²) in [6.07, 6.45) is 0.330. The minimum atomic E-state index is -1.22. The van der Waals surface area contributed by atoms with Gasteiger partial charge in [0.05, 0.1) is 26.2 Å². The van der Waals surface area contributed by atoms with Gasteiger partial charge in [0.2, 0.25) is 30.0 Å². The van der Waals surface area contributed by atoms with Gasteiger partial charge in [-0.2, -0.15) is 0 Å². The van der Waals surface area contributed by atoms with Crippen molar-refractivity contribution in [2.45, 2.75) is 0 Å². The van der Waals surface area contributed by atoms with Crippen molar-refractivity contribution >= 4 is 36.0 Å². The third-order valence-corrected chi connectivity index (χ3v) is 2.12. The molecular weight excluding hydrogens is 314 g/mol. The van der Waals surface area contributed by atoms with Gasteiger partial charge in [0.25, 0.3) is 0 Å². The van der Waals surface area contributed by atoms with E-state index < -0.39 is 49.2 Å². The van der Waals surface area contributed by atoms with E-state index in [-0.39, 0.29) is 13.1 Å². The van der Waals surface area contributed by atoms with Crippen molar-refractivity contribution in [3.05, 3.63) is 0 Å². The minimum absolute atomic E-state index is 0.275. The molecule has 0 saturated heterocycles. The molecule has 12 heteroatoms. The van der Waals surface area contributed by atoms with Crippen molar-refractivity contribution in [1.29, 1.82) is 0 Å². The van der Waals surface area contributed by atoms with Crippen molar-refractivity contribution in [1.82, 2.24) is 26.6 Å². The first-order chi connectivity index (χ1) is 10.8. The van der Waals surface area contributed by atoms with E-state index in [1.54, 1.807) is 0 Å². The first kappa shape index (κ1) is 19.8. The van der Waals surface area contributed by atoms with Gasteiger partial charge >= 0.3 is 5.97 Å². The van der Waals surface area contributed by atoms with Crippen LogP contribution in [0.4, 0.5) is 0 Å². The van der Waals surface area contributed by atoms with E-state index in [1.807, 2.05) is 5.32 Å². The number of carbonyl (C=O) groups excluding carboxylic acids is 5. The predicted molar refractivity (Wildman–Crippen MR) is 73.7 cm³/mol. The summed E-state index contributed by atoms with van der Waals surface area (Å²) in [6.45, 7) is -2.08. The highest BCUT2D eigenvalue weighted by Crippen LogP contribution is 1.71. The first-order valence-electron chi connectivity index (χ1n) is 6.30. The summed E-state index contributed by atoms with van der Waals surface area (Å²) in [5.41, 5.74) is 0. The molecule has 0 spiro atoms. The van der Waals surface area contributed by atoms with E-state index in [0.29, 0.717) is 6.41 Å². The summed E-state index contributed by atoms with van der Waals surface area (Å²) in [6, 6.07) is 0. The Hall–Kier alpha value is -3.18. The van der Waals surface area contributed by atoms with Crippen LogP contribution in [0.5, 0.6) is 0 Å². The van der Waals surface area contributed by atoms with Gasteiger partial charge in [-0.15, -0.1) is 0 Å². The molecule has 0 rings (SSSR count). The fourth-order valence-electron chi connectivity index (χ4n) is 1.10. The fourth-order valence-corrected chi connectivity index (χ4v) is 1.10. The lowest BCUT2D eigenvalue weighted by atomic mass is 10.4. The summed E-state index contributed by atoms with van der Waals surface area (Å²) in [7, 11) is 0. The van der Waals surface area contributed by atoms with Crippen LogP contribution in [0.25, 0.3) is 0 Å². The molecule has 0 saturated carbocycles. The van der Waals surface area contributed by atoms with Crippen LogP contribution in [0.3, 0.4) is 0 Å². The van der Waals surface area contributed by atoms with Gasteiger partial charge in [-0.05, 0) is 0 Å². The first-order valence-corrected chi connectivity index (χ1v) is 6.30. The Morgan fingerprint density at radius 2 is 1.00 bits per heavy atom. The largest absolute Gasteiger partial charge is 0.480 e. The number of carboxylic acids is 1. The van der Waals surface area contributed by atoms with Crippen molar-refractivity contribution in [2.24, 2.45) is 0 Å². The van der Waals surface area contributed by atoms with Crippen LogP contribution >= 0.6 is 0 Å². The second-order valence-corrected chi connectivity index (χ2v) is 4.00. The molecule has 0 fully saturated rings. The normalized spacial score (nSPS) is 9.22. The van der Waals surface area contributed by atoms with Crippen LogP contribution in [0.15, 0.2) is 0 Å². The van der Waals surface area contributed by atoms with Gasteiger partial charge < -0.3 is 31.7 Å². The number of hydrogen-bond donors (Lipinski definition) is 6. The van der Waals surface area contributed by atoms with Crippen molar-refractivity contribution in [3.63, 3.8) is 0 Å². The molecule has 6 N–H and O–H groups in total. The quantitative estimate of drug-likeness (QED) is 0.205. The van der Waals surface area contributed by atoms with E-state index in [0.717, 1.165) is 0 Å². The van der Waals surface area contributed by atoms with Gasteiger partial charge in [0, 0.05) is 0 Å². The molecule has 0 aliphatic carbocycles. The fraction of sp³-hybridized carbons (Fsp3) is 0.455. The molecule has 0 bridgehead atoms. The summed E-state index contributed by atoms with van der Waals surface area (Å²) in [5, 5.41) is 19.0. The number of carboxylic acid groups (broad SMARTS) is 1. The average Bonchev–Trinajstić information content (AvgIpc) is 2.52. The highest BCUT2D eigenvalue weighted by Gasteiger charge is 2.09. The highest BCUT2D eigenvalue weighted by molar-refractivity contribution is 5.90. The maximum Gasteiger partial charge on any atom is 0.322 e. The van der Waals surface area contributed by atoms with Crippen LogP contribution < -0.4 is 26.6 Å².